The van der Waals surface area contributed by atoms with Gasteiger partial charge in [-0.25, -0.2) is 0 Å². The fourth-order valence-corrected chi connectivity index (χ4v) is 2.43. The van der Waals surface area contributed by atoms with Crippen molar-refractivity contribution in [1.82, 2.24) is 4.90 Å². The Morgan fingerprint density at radius 2 is 1.90 bits per heavy atom. The molecule has 3 N–H and O–H groups in total. The van der Waals surface area contributed by atoms with E-state index in [1.54, 1.807) is 36.2 Å². The number of amides is 1. The second-order valence-electron chi connectivity index (χ2n) is 5.40. The highest BCUT2D eigenvalue weighted by atomic mass is 35.5. The largest absolute Gasteiger partial charge is 0.508 e. The molecule has 114 valence electrons. The van der Waals surface area contributed by atoms with Gasteiger partial charge in [-0.15, -0.1) is 24.2 Å². The lowest BCUT2D eigenvalue weighted by Crippen LogP contribution is -2.40. The zero-order chi connectivity index (χ0) is 14.5. The Labute approximate surface area is 131 Å². The Morgan fingerprint density at radius 3 is 2.40 bits per heavy atom. The molecule has 0 spiro atoms. The summed E-state index contributed by atoms with van der Waals surface area (Å²) in [7, 11) is 1.80. The minimum atomic E-state index is -0.0619. The Hall–Kier alpha value is -0.910. The maximum absolute atomic E-state index is 12.0. The van der Waals surface area contributed by atoms with Crippen molar-refractivity contribution >= 4 is 30.1 Å². The van der Waals surface area contributed by atoms with Crippen molar-refractivity contribution in [2.45, 2.75) is 18.7 Å². The highest BCUT2D eigenvalue weighted by Crippen LogP contribution is 2.21. The molecule has 1 amide bonds. The van der Waals surface area contributed by atoms with Gasteiger partial charge in [-0.05, 0) is 36.2 Å². The van der Waals surface area contributed by atoms with Crippen LogP contribution in [0, 0.1) is 5.41 Å². The van der Waals surface area contributed by atoms with Gasteiger partial charge in [0, 0.05) is 18.5 Å². The van der Waals surface area contributed by atoms with E-state index < -0.39 is 0 Å². The van der Waals surface area contributed by atoms with E-state index in [0.29, 0.717) is 18.8 Å². The van der Waals surface area contributed by atoms with Crippen LogP contribution in [0.25, 0.3) is 0 Å². The molecule has 0 saturated carbocycles. The quantitative estimate of drug-likeness (QED) is 0.790. The van der Waals surface area contributed by atoms with Crippen LogP contribution in [0.5, 0.6) is 5.75 Å². The van der Waals surface area contributed by atoms with Crippen LogP contribution in [-0.4, -0.2) is 41.8 Å². The highest BCUT2D eigenvalue weighted by molar-refractivity contribution is 8.00. The Morgan fingerprint density at radius 1 is 1.35 bits per heavy atom. The fourth-order valence-electron chi connectivity index (χ4n) is 1.59. The predicted molar refractivity (Wildman–Crippen MR) is 86.6 cm³/mol. The van der Waals surface area contributed by atoms with Crippen molar-refractivity contribution < 1.29 is 9.90 Å². The first kappa shape index (κ1) is 19.1. The predicted octanol–water partition coefficient (Wildman–Crippen LogP) is 2.35. The van der Waals surface area contributed by atoms with Crippen molar-refractivity contribution in [2.24, 2.45) is 11.1 Å². The molecule has 0 aliphatic carbocycles. The summed E-state index contributed by atoms with van der Waals surface area (Å²) >= 11 is 1.47. The van der Waals surface area contributed by atoms with Crippen LogP contribution < -0.4 is 5.73 Å². The number of nitrogens with two attached hydrogens (primary N) is 1. The van der Waals surface area contributed by atoms with Crippen LogP contribution in [0.15, 0.2) is 29.2 Å². The second-order valence-corrected chi connectivity index (χ2v) is 6.45. The van der Waals surface area contributed by atoms with E-state index in [1.165, 1.54) is 11.8 Å². The Kier molecular flexibility index (Phi) is 8.01. The molecule has 0 fully saturated rings. The zero-order valence-electron chi connectivity index (χ0n) is 12.1. The van der Waals surface area contributed by atoms with Gasteiger partial charge in [0.1, 0.15) is 5.75 Å². The first-order chi connectivity index (χ1) is 8.84. The van der Waals surface area contributed by atoms with Gasteiger partial charge in [-0.3, -0.25) is 4.79 Å². The van der Waals surface area contributed by atoms with Crippen molar-refractivity contribution in [3.8, 4) is 5.75 Å². The molecular weight excluding hydrogens is 296 g/mol. The summed E-state index contributed by atoms with van der Waals surface area (Å²) in [4.78, 5) is 14.7. The van der Waals surface area contributed by atoms with Gasteiger partial charge in [0.15, 0.2) is 0 Å². The lowest BCUT2D eigenvalue weighted by Gasteiger charge is -2.29. The number of hydrogen-bond acceptors (Lipinski definition) is 4. The molecule has 0 unspecified atom stereocenters. The first-order valence-electron chi connectivity index (χ1n) is 6.20. The normalized spacial score (nSPS) is 10.8. The standard InChI is InChI=1S/C14H22N2O2S.ClH/c1-14(2,9-15)10-16(3)13(18)8-19-12-6-4-11(17)5-7-12;/h4-7,17H,8-10,15H2,1-3H3;1H. The molecule has 0 atom stereocenters. The van der Waals surface area contributed by atoms with Gasteiger partial charge >= 0.3 is 0 Å². The average Bonchev–Trinajstić information content (AvgIpc) is 2.37. The van der Waals surface area contributed by atoms with Crippen LogP contribution in [0.2, 0.25) is 0 Å². The van der Waals surface area contributed by atoms with E-state index in [9.17, 15) is 9.90 Å². The SMILES string of the molecule is CN(CC(C)(C)CN)C(=O)CSc1ccc(O)cc1.Cl. The van der Waals surface area contributed by atoms with Crippen LogP contribution in [0.3, 0.4) is 0 Å². The fraction of sp³-hybridized carbons (Fsp3) is 0.500. The molecule has 0 aliphatic rings. The number of nitrogens with zero attached hydrogens (tertiary/aromatic N) is 1. The summed E-state index contributed by atoms with van der Waals surface area (Å²) in [6.07, 6.45) is 0. The van der Waals surface area contributed by atoms with Crippen molar-refractivity contribution in [3.63, 3.8) is 0 Å². The lowest BCUT2D eigenvalue weighted by molar-refractivity contribution is -0.128. The van der Waals surface area contributed by atoms with Crippen molar-refractivity contribution in [1.29, 1.82) is 0 Å². The van der Waals surface area contributed by atoms with Crippen LogP contribution in [-0.2, 0) is 4.79 Å². The number of benzene rings is 1. The third-order valence-electron chi connectivity index (χ3n) is 2.84. The molecule has 0 aromatic heterocycles. The molecule has 0 bridgehead atoms. The van der Waals surface area contributed by atoms with Crippen LogP contribution >= 0.6 is 24.2 Å². The number of carbonyl (C=O) groups is 1. The number of aromatic hydroxyl groups is 1. The van der Waals surface area contributed by atoms with Gasteiger partial charge in [-0.2, -0.15) is 0 Å². The van der Waals surface area contributed by atoms with Crippen molar-refractivity contribution in [2.75, 3.05) is 25.9 Å². The summed E-state index contributed by atoms with van der Waals surface area (Å²) in [5, 5.41) is 9.18. The molecule has 20 heavy (non-hydrogen) atoms. The molecule has 0 radical (unpaired) electrons. The van der Waals surface area contributed by atoms with E-state index >= 15 is 0 Å². The molecule has 0 heterocycles. The maximum atomic E-state index is 12.0. The van der Waals surface area contributed by atoms with Gasteiger partial charge in [-0.1, -0.05) is 13.8 Å². The summed E-state index contributed by atoms with van der Waals surface area (Å²) in [5.41, 5.74) is 5.61. The molecule has 4 nitrogen and oxygen atoms in total. The Bertz CT molecular complexity index is 424. The van der Waals surface area contributed by atoms with E-state index in [0.717, 1.165) is 4.90 Å². The Balaban J connectivity index is 0.00000361. The second kappa shape index (κ2) is 8.39. The average molecular weight is 319 g/mol. The molecule has 1 aromatic rings. The van der Waals surface area contributed by atoms with Gasteiger partial charge in [0.25, 0.3) is 0 Å². The molecular formula is C14H23ClN2O2S. The monoisotopic (exact) mass is 318 g/mol. The van der Waals surface area contributed by atoms with E-state index in [2.05, 4.69) is 0 Å². The molecule has 6 heteroatoms. The molecule has 0 aliphatic heterocycles. The summed E-state index contributed by atoms with van der Waals surface area (Å²) in [5.74, 6) is 0.708. The van der Waals surface area contributed by atoms with E-state index in [4.69, 9.17) is 5.73 Å². The smallest absolute Gasteiger partial charge is 0.232 e. The molecule has 0 saturated heterocycles. The van der Waals surface area contributed by atoms with E-state index in [1.807, 2.05) is 13.8 Å². The number of thioether (sulfide) groups is 1. The zero-order valence-corrected chi connectivity index (χ0v) is 13.8. The van der Waals surface area contributed by atoms with Gasteiger partial charge in [0.2, 0.25) is 5.91 Å². The van der Waals surface area contributed by atoms with Crippen LogP contribution in [0.4, 0.5) is 0 Å². The minimum absolute atomic E-state index is 0. The van der Waals surface area contributed by atoms with Crippen molar-refractivity contribution in [3.05, 3.63) is 24.3 Å². The van der Waals surface area contributed by atoms with Gasteiger partial charge in [0.05, 0.1) is 5.75 Å². The molecule has 1 rings (SSSR count). The lowest BCUT2D eigenvalue weighted by atomic mass is 9.93. The number of phenols is 1. The van der Waals surface area contributed by atoms with E-state index in [-0.39, 0.29) is 29.5 Å². The number of rotatable bonds is 6. The number of hydrogen-bond donors (Lipinski definition) is 2. The number of phenolic OH excluding ortho intramolecular Hbond substituents is 1. The summed E-state index contributed by atoms with van der Waals surface area (Å²) in [6, 6.07) is 6.84. The summed E-state index contributed by atoms with van der Waals surface area (Å²) in [6.45, 7) is 5.29. The summed E-state index contributed by atoms with van der Waals surface area (Å²) < 4.78 is 0. The first-order valence-corrected chi connectivity index (χ1v) is 7.18. The third kappa shape index (κ3) is 6.50. The number of halogens is 1. The molecule has 1 aromatic carbocycles. The highest BCUT2D eigenvalue weighted by Gasteiger charge is 2.20. The third-order valence-corrected chi connectivity index (χ3v) is 3.84. The topological polar surface area (TPSA) is 66.6 Å². The van der Waals surface area contributed by atoms with Crippen LogP contribution in [0.1, 0.15) is 13.8 Å². The number of carbonyl (C=O) groups excluding carboxylic acids is 1. The maximum Gasteiger partial charge on any atom is 0.232 e. The van der Waals surface area contributed by atoms with Gasteiger partial charge < -0.3 is 15.7 Å². The minimum Gasteiger partial charge on any atom is -0.508 e.